The summed E-state index contributed by atoms with van der Waals surface area (Å²) in [7, 11) is 0. The lowest BCUT2D eigenvalue weighted by Crippen LogP contribution is -2.43. The number of rotatable bonds is 3. The third-order valence-corrected chi connectivity index (χ3v) is 4.77. The zero-order chi connectivity index (χ0) is 16.6. The van der Waals surface area contributed by atoms with E-state index >= 15 is 0 Å². The molecule has 3 atom stereocenters. The number of alkyl halides is 3. The van der Waals surface area contributed by atoms with Crippen LogP contribution >= 0.6 is 0 Å². The Morgan fingerprint density at radius 1 is 1.30 bits per heavy atom. The normalized spacial score (nSPS) is 31.9. The minimum absolute atomic E-state index is 0.261. The summed E-state index contributed by atoms with van der Waals surface area (Å²) in [6.07, 6.45) is 0.803. The van der Waals surface area contributed by atoms with E-state index in [-0.39, 0.29) is 12.2 Å². The van der Waals surface area contributed by atoms with Crippen molar-refractivity contribution in [2.75, 3.05) is 6.54 Å². The fourth-order valence-electron chi connectivity index (χ4n) is 3.72. The molecule has 4 nitrogen and oxygen atoms in total. The van der Waals surface area contributed by atoms with Crippen LogP contribution in [-0.2, 0) is 23.9 Å². The molecule has 2 aliphatic heterocycles. The van der Waals surface area contributed by atoms with Gasteiger partial charge in [-0.15, -0.1) is 0 Å². The maximum Gasteiger partial charge on any atom is 0.434 e. The van der Waals surface area contributed by atoms with Crippen LogP contribution < -0.4 is 5.32 Å². The van der Waals surface area contributed by atoms with Gasteiger partial charge in [-0.05, 0) is 45.6 Å². The molecular formula is C16H24F3N3O. The first-order valence-corrected chi connectivity index (χ1v) is 8.33. The monoisotopic (exact) mass is 331 g/mol. The minimum atomic E-state index is -4.35. The first kappa shape index (κ1) is 16.8. The molecule has 0 spiro atoms. The molecule has 1 saturated heterocycles. The highest BCUT2D eigenvalue weighted by atomic mass is 19.4. The Balaban J connectivity index is 1.54. The van der Waals surface area contributed by atoms with Crippen LogP contribution in [0.25, 0.3) is 0 Å². The predicted molar refractivity (Wildman–Crippen MR) is 80.1 cm³/mol. The molecule has 130 valence electrons. The molecule has 1 aromatic rings. The molecule has 0 radical (unpaired) electrons. The zero-order valence-electron chi connectivity index (χ0n) is 13.6. The highest BCUT2D eigenvalue weighted by Crippen LogP contribution is 2.30. The fraction of sp³-hybridized carbons (Fsp3) is 0.812. The lowest BCUT2D eigenvalue weighted by Gasteiger charge is -2.34. The van der Waals surface area contributed by atoms with Crippen LogP contribution in [0.4, 0.5) is 13.2 Å². The van der Waals surface area contributed by atoms with Gasteiger partial charge in [0, 0.05) is 25.2 Å². The molecule has 0 aliphatic carbocycles. The van der Waals surface area contributed by atoms with Crippen LogP contribution in [0.5, 0.6) is 0 Å². The van der Waals surface area contributed by atoms with Crippen molar-refractivity contribution in [1.82, 2.24) is 14.9 Å². The number of aromatic nitrogens is 2. The van der Waals surface area contributed by atoms with Crippen LogP contribution in [0.2, 0.25) is 0 Å². The molecule has 23 heavy (non-hydrogen) atoms. The molecule has 1 aromatic heterocycles. The Hall–Kier alpha value is -1.08. The van der Waals surface area contributed by atoms with Gasteiger partial charge in [0.05, 0.1) is 12.2 Å². The highest BCUT2D eigenvalue weighted by Gasteiger charge is 2.36. The summed E-state index contributed by atoms with van der Waals surface area (Å²) in [6, 6.07) is 0.434. The average Bonchev–Trinajstić information content (AvgIpc) is 2.87. The molecule has 7 heteroatoms. The number of nitrogens with one attached hydrogen (secondary N) is 1. The third-order valence-electron chi connectivity index (χ3n) is 4.77. The van der Waals surface area contributed by atoms with Crippen molar-refractivity contribution in [1.29, 1.82) is 0 Å². The summed E-state index contributed by atoms with van der Waals surface area (Å²) in [5, 5.41) is 3.58. The van der Waals surface area contributed by atoms with E-state index in [9.17, 15) is 13.2 Å². The second-order valence-electron chi connectivity index (χ2n) is 6.93. The van der Waals surface area contributed by atoms with Gasteiger partial charge >= 0.3 is 6.18 Å². The van der Waals surface area contributed by atoms with E-state index in [0.717, 1.165) is 32.0 Å². The maximum atomic E-state index is 12.7. The van der Waals surface area contributed by atoms with Crippen LogP contribution in [0.3, 0.4) is 0 Å². The number of nitrogens with zero attached hydrogens (tertiary/aromatic N) is 2. The van der Waals surface area contributed by atoms with Crippen molar-refractivity contribution in [2.45, 2.75) is 70.5 Å². The van der Waals surface area contributed by atoms with Crippen molar-refractivity contribution in [2.24, 2.45) is 5.92 Å². The van der Waals surface area contributed by atoms with Crippen molar-refractivity contribution in [3.63, 3.8) is 0 Å². The molecule has 1 fully saturated rings. The van der Waals surface area contributed by atoms with Gasteiger partial charge in [-0.2, -0.15) is 13.2 Å². The molecule has 0 aromatic carbocycles. The Morgan fingerprint density at radius 3 is 2.65 bits per heavy atom. The van der Waals surface area contributed by atoms with Crippen LogP contribution in [0.15, 0.2) is 6.20 Å². The van der Waals surface area contributed by atoms with Gasteiger partial charge in [-0.25, -0.2) is 4.98 Å². The lowest BCUT2D eigenvalue weighted by atomic mass is 9.96. The topological polar surface area (TPSA) is 39.1 Å². The molecule has 0 saturated carbocycles. The van der Waals surface area contributed by atoms with E-state index in [1.54, 1.807) is 4.57 Å². The summed E-state index contributed by atoms with van der Waals surface area (Å²) in [4.78, 5) is 3.73. The number of imidazole rings is 1. The Morgan fingerprint density at radius 2 is 2.00 bits per heavy atom. The zero-order valence-corrected chi connectivity index (χ0v) is 13.6. The van der Waals surface area contributed by atoms with E-state index in [1.165, 1.54) is 0 Å². The van der Waals surface area contributed by atoms with Gasteiger partial charge in [0.15, 0.2) is 5.69 Å². The maximum absolute atomic E-state index is 12.7. The number of aryl methyl sites for hydroxylation is 1. The van der Waals surface area contributed by atoms with Gasteiger partial charge < -0.3 is 14.6 Å². The van der Waals surface area contributed by atoms with E-state index in [4.69, 9.17) is 4.74 Å². The standard InChI is InChI=1S/C16H24F3N3O/c1-10-5-13(6-11(2)23-10)20-7-12-3-4-15-21-14(16(17,18)19)9-22(15)8-12/h9-13,20H,3-8H2,1-2H3. The number of hydrogen-bond donors (Lipinski definition) is 1. The minimum Gasteiger partial charge on any atom is -0.375 e. The fourth-order valence-corrected chi connectivity index (χ4v) is 3.72. The summed E-state index contributed by atoms with van der Waals surface area (Å²) < 4.78 is 45.6. The van der Waals surface area contributed by atoms with Crippen molar-refractivity contribution in [3.05, 3.63) is 17.7 Å². The molecule has 3 rings (SSSR count). The molecule has 0 bridgehead atoms. The first-order chi connectivity index (χ1) is 10.8. The van der Waals surface area contributed by atoms with Crippen LogP contribution in [0.1, 0.15) is 44.6 Å². The molecule has 3 unspecified atom stereocenters. The Kier molecular flexibility index (Phi) is 4.69. The van der Waals surface area contributed by atoms with Gasteiger partial charge in [-0.3, -0.25) is 0 Å². The van der Waals surface area contributed by atoms with E-state index in [1.807, 2.05) is 0 Å². The van der Waals surface area contributed by atoms with Crippen molar-refractivity contribution < 1.29 is 17.9 Å². The summed E-state index contributed by atoms with van der Waals surface area (Å²) in [5.74, 6) is 0.910. The number of fused-ring (bicyclic) bond motifs is 1. The lowest BCUT2D eigenvalue weighted by molar-refractivity contribution is -0.141. The van der Waals surface area contributed by atoms with Crippen molar-refractivity contribution >= 4 is 0 Å². The second kappa shape index (κ2) is 6.43. The van der Waals surface area contributed by atoms with Crippen LogP contribution in [-0.4, -0.2) is 34.3 Å². The first-order valence-electron chi connectivity index (χ1n) is 8.33. The van der Waals surface area contributed by atoms with Crippen LogP contribution in [0, 0.1) is 5.92 Å². The number of ether oxygens (including phenoxy) is 1. The van der Waals surface area contributed by atoms with Gasteiger partial charge in [0.2, 0.25) is 0 Å². The molecule has 3 heterocycles. The molecular weight excluding hydrogens is 307 g/mol. The SMILES string of the molecule is CC1CC(NCC2CCc3nc(C(F)(F)F)cn3C2)CC(C)O1. The average molecular weight is 331 g/mol. The third kappa shape index (κ3) is 4.07. The van der Waals surface area contributed by atoms with E-state index < -0.39 is 11.9 Å². The molecule has 1 N–H and O–H groups in total. The van der Waals surface area contributed by atoms with Gasteiger partial charge in [-0.1, -0.05) is 0 Å². The summed E-state index contributed by atoms with van der Waals surface area (Å²) in [5.41, 5.74) is -0.770. The number of halogens is 3. The molecule has 2 aliphatic rings. The Labute approximate surface area is 134 Å². The number of hydrogen-bond acceptors (Lipinski definition) is 3. The largest absolute Gasteiger partial charge is 0.434 e. The van der Waals surface area contributed by atoms with Gasteiger partial charge in [0.25, 0.3) is 0 Å². The Bertz CT molecular complexity index is 533. The smallest absolute Gasteiger partial charge is 0.375 e. The summed E-state index contributed by atoms with van der Waals surface area (Å²) >= 11 is 0. The van der Waals surface area contributed by atoms with E-state index in [0.29, 0.717) is 30.7 Å². The van der Waals surface area contributed by atoms with Gasteiger partial charge in [0.1, 0.15) is 5.82 Å². The van der Waals surface area contributed by atoms with E-state index in [2.05, 4.69) is 24.1 Å². The predicted octanol–water partition coefficient (Wildman–Crippen LogP) is 3.01. The molecule has 0 amide bonds. The highest BCUT2D eigenvalue weighted by molar-refractivity contribution is 5.10. The van der Waals surface area contributed by atoms with Crippen molar-refractivity contribution in [3.8, 4) is 0 Å². The quantitative estimate of drug-likeness (QED) is 0.925. The summed E-state index contributed by atoms with van der Waals surface area (Å²) in [6.45, 7) is 5.62. The second-order valence-corrected chi connectivity index (χ2v) is 6.93.